The maximum absolute atomic E-state index is 11.6. The molecule has 0 aliphatic rings. The largest absolute Gasteiger partial charge is 0.350 e. The molecule has 1 amide bonds. The van der Waals surface area contributed by atoms with E-state index in [0.29, 0.717) is 10.2 Å². The van der Waals surface area contributed by atoms with Crippen LogP contribution in [-0.2, 0) is 0 Å². The molecule has 1 aromatic heterocycles. The minimum absolute atomic E-state index is 0.0533. The first-order valence-electron chi connectivity index (χ1n) is 4.56. The SMILES string of the molecule is CCC(C)NC(=O)c1ccnc(Br)c1. The van der Waals surface area contributed by atoms with E-state index in [0.717, 1.165) is 6.42 Å². The average molecular weight is 257 g/mol. The molecule has 0 aromatic carbocycles. The van der Waals surface area contributed by atoms with Gasteiger partial charge in [0.1, 0.15) is 4.60 Å². The number of pyridine rings is 1. The number of hydrogen-bond acceptors (Lipinski definition) is 2. The fourth-order valence-corrected chi connectivity index (χ4v) is 1.32. The molecule has 4 heteroatoms. The molecule has 0 bridgehead atoms. The van der Waals surface area contributed by atoms with Crippen LogP contribution in [0.2, 0.25) is 0 Å². The summed E-state index contributed by atoms with van der Waals surface area (Å²) < 4.78 is 0.675. The monoisotopic (exact) mass is 256 g/mol. The molecule has 0 radical (unpaired) electrons. The van der Waals surface area contributed by atoms with Crippen molar-refractivity contribution in [3.05, 3.63) is 28.5 Å². The van der Waals surface area contributed by atoms with E-state index in [4.69, 9.17) is 0 Å². The molecular formula is C10H13BrN2O. The fourth-order valence-electron chi connectivity index (χ4n) is 0.953. The van der Waals surface area contributed by atoms with Crippen molar-refractivity contribution in [3.63, 3.8) is 0 Å². The van der Waals surface area contributed by atoms with Gasteiger partial charge in [-0.2, -0.15) is 0 Å². The standard InChI is InChI=1S/C10H13BrN2O/c1-3-7(2)13-10(14)8-4-5-12-9(11)6-8/h4-7H,3H2,1-2H3,(H,13,14). The molecule has 1 atom stereocenters. The van der Waals surface area contributed by atoms with Crippen molar-refractivity contribution in [2.45, 2.75) is 26.3 Å². The quantitative estimate of drug-likeness (QED) is 0.844. The second kappa shape index (κ2) is 5.10. The molecule has 1 unspecified atom stereocenters. The van der Waals surface area contributed by atoms with E-state index in [9.17, 15) is 4.79 Å². The van der Waals surface area contributed by atoms with Crippen LogP contribution in [0.3, 0.4) is 0 Å². The van der Waals surface area contributed by atoms with Crippen LogP contribution in [0, 0.1) is 0 Å². The summed E-state index contributed by atoms with van der Waals surface area (Å²) in [4.78, 5) is 15.6. The van der Waals surface area contributed by atoms with Gasteiger partial charge in [0.25, 0.3) is 5.91 Å². The number of amides is 1. The molecule has 0 aliphatic carbocycles. The molecule has 0 saturated heterocycles. The molecule has 1 rings (SSSR count). The van der Waals surface area contributed by atoms with Gasteiger partial charge in [-0.25, -0.2) is 4.98 Å². The normalized spacial score (nSPS) is 12.2. The number of nitrogens with one attached hydrogen (secondary N) is 1. The number of aromatic nitrogens is 1. The Bertz CT molecular complexity index is 328. The lowest BCUT2D eigenvalue weighted by Crippen LogP contribution is -2.31. The highest BCUT2D eigenvalue weighted by molar-refractivity contribution is 9.10. The van der Waals surface area contributed by atoms with Gasteiger partial charge >= 0.3 is 0 Å². The third-order valence-corrected chi connectivity index (χ3v) is 2.41. The van der Waals surface area contributed by atoms with Crippen molar-refractivity contribution in [3.8, 4) is 0 Å². The zero-order chi connectivity index (χ0) is 10.6. The topological polar surface area (TPSA) is 42.0 Å². The molecular weight excluding hydrogens is 244 g/mol. The highest BCUT2D eigenvalue weighted by Crippen LogP contribution is 2.08. The highest BCUT2D eigenvalue weighted by atomic mass is 79.9. The maximum atomic E-state index is 11.6. The van der Waals surface area contributed by atoms with Crippen LogP contribution in [0.15, 0.2) is 22.9 Å². The Balaban J connectivity index is 2.70. The Morgan fingerprint density at radius 2 is 2.43 bits per heavy atom. The summed E-state index contributed by atoms with van der Waals surface area (Å²) in [6.45, 7) is 4.02. The predicted molar refractivity (Wildman–Crippen MR) is 59.2 cm³/mol. The first-order valence-corrected chi connectivity index (χ1v) is 5.35. The molecule has 1 aromatic rings. The Kier molecular flexibility index (Phi) is 4.07. The number of halogens is 1. The van der Waals surface area contributed by atoms with Gasteiger partial charge in [0.05, 0.1) is 0 Å². The van der Waals surface area contributed by atoms with Crippen molar-refractivity contribution in [1.82, 2.24) is 10.3 Å². The van der Waals surface area contributed by atoms with Gasteiger partial charge in [-0.05, 0) is 41.4 Å². The van der Waals surface area contributed by atoms with Gasteiger partial charge in [0.2, 0.25) is 0 Å². The lowest BCUT2D eigenvalue weighted by Gasteiger charge is -2.10. The van der Waals surface area contributed by atoms with Gasteiger partial charge in [0, 0.05) is 17.8 Å². The van der Waals surface area contributed by atoms with E-state index >= 15 is 0 Å². The molecule has 3 nitrogen and oxygen atoms in total. The number of carbonyl (C=O) groups is 1. The highest BCUT2D eigenvalue weighted by Gasteiger charge is 2.08. The summed E-state index contributed by atoms with van der Waals surface area (Å²) in [6.07, 6.45) is 2.54. The molecule has 0 aliphatic heterocycles. The van der Waals surface area contributed by atoms with Crippen LogP contribution >= 0.6 is 15.9 Å². The lowest BCUT2D eigenvalue weighted by molar-refractivity contribution is 0.0939. The minimum Gasteiger partial charge on any atom is -0.350 e. The van der Waals surface area contributed by atoms with Gasteiger partial charge in [-0.15, -0.1) is 0 Å². The number of carbonyl (C=O) groups excluding carboxylic acids is 1. The van der Waals surface area contributed by atoms with Gasteiger partial charge < -0.3 is 5.32 Å². The Morgan fingerprint density at radius 3 is 3.00 bits per heavy atom. The summed E-state index contributed by atoms with van der Waals surface area (Å²) in [6, 6.07) is 3.61. The zero-order valence-corrected chi connectivity index (χ0v) is 9.84. The van der Waals surface area contributed by atoms with E-state index in [1.807, 2.05) is 13.8 Å². The van der Waals surface area contributed by atoms with Crippen LogP contribution in [0.25, 0.3) is 0 Å². The molecule has 76 valence electrons. The Labute approximate surface area is 92.1 Å². The van der Waals surface area contributed by atoms with E-state index in [1.165, 1.54) is 0 Å². The van der Waals surface area contributed by atoms with Crippen molar-refractivity contribution in [1.29, 1.82) is 0 Å². The average Bonchev–Trinajstić information content (AvgIpc) is 2.17. The van der Waals surface area contributed by atoms with Crippen LogP contribution in [-0.4, -0.2) is 16.9 Å². The fraction of sp³-hybridized carbons (Fsp3) is 0.400. The molecule has 1 N–H and O–H groups in total. The summed E-state index contributed by atoms with van der Waals surface area (Å²) in [5.41, 5.74) is 0.632. The number of hydrogen-bond donors (Lipinski definition) is 1. The van der Waals surface area contributed by atoms with Gasteiger partial charge in [0.15, 0.2) is 0 Å². The third kappa shape index (κ3) is 3.10. The summed E-state index contributed by atoms with van der Waals surface area (Å²) in [5.74, 6) is -0.0533. The van der Waals surface area contributed by atoms with Crippen molar-refractivity contribution in [2.24, 2.45) is 0 Å². The summed E-state index contributed by atoms with van der Waals surface area (Å²) in [5, 5.41) is 2.89. The Hall–Kier alpha value is -0.900. The van der Waals surface area contributed by atoms with Crippen LogP contribution in [0.1, 0.15) is 30.6 Å². The Morgan fingerprint density at radius 1 is 1.71 bits per heavy atom. The van der Waals surface area contributed by atoms with Gasteiger partial charge in [-0.1, -0.05) is 6.92 Å². The molecule has 14 heavy (non-hydrogen) atoms. The van der Waals surface area contributed by atoms with Gasteiger partial charge in [-0.3, -0.25) is 4.79 Å². The molecule has 1 heterocycles. The summed E-state index contributed by atoms with van der Waals surface area (Å²) >= 11 is 3.22. The number of nitrogens with zero attached hydrogens (tertiary/aromatic N) is 1. The number of rotatable bonds is 3. The predicted octanol–water partition coefficient (Wildman–Crippen LogP) is 2.37. The third-order valence-electron chi connectivity index (χ3n) is 1.98. The van der Waals surface area contributed by atoms with E-state index in [-0.39, 0.29) is 11.9 Å². The van der Waals surface area contributed by atoms with Crippen LogP contribution in [0.4, 0.5) is 0 Å². The molecule has 0 saturated carbocycles. The van der Waals surface area contributed by atoms with E-state index in [2.05, 4.69) is 26.2 Å². The molecule has 0 fully saturated rings. The smallest absolute Gasteiger partial charge is 0.251 e. The second-order valence-electron chi connectivity index (χ2n) is 3.15. The van der Waals surface area contributed by atoms with E-state index in [1.54, 1.807) is 18.3 Å². The summed E-state index contributed by atoms with van der Waals surface area (Å²) in [7, 11) is 0. The van der Waals surface area contributed by atoms with Crippen molar-refractivity contribution >= 4 is 21.8 Å². The van der Waals surface area contributed by atoms with Crippen molar-refractivity contribution < 1.29 is 4.79 Å². The maximum Gasteiger partial charge on any atom is 0.251 e. The van der Waals surface area contributed by atoms with Crippen LogP contribution < -0.4 is 5.32 Å². The second-order valence-corrected chi connectivity index (χ2v) is 3.96. The van der Waals surface area contributed by atoms with Crippen molar-refractivity contribution in [2.75, 3.05) is 0 Å². The zero-order valence-electron chi connectivity index (χ0n) is 8.25. The minimum atomic E-state index is -0.0533. The van der Waals surface area contributed by atoms with Crippen LogP contribution in [0.5, 0.6) is 0 Å². The lowest BCUT2D eigenvalue weighted by atomic mass is 10.2. The van der Waals surface area contributed by atoms with E-state index < -0.39 is 0 Å². The first-order chi connectivity index (χ1) is 6.63. The molecule has 0 spiro atoms. The first kappa shape index (κ1) is 11.2.